The molecule has 0 unspecified atom stereocenters. The van der Waals surface area contributed by atoms with Crippen molar-refractivity contribution in [3.63, 3.8) is 0 Å². The van der Waals surface area contributed by atoms with Crippen LogP contribution in [0.25, 0.3) is 11.5 Å². The minimum absolute atomic E-state index is 0.0926. The summed E-state index contributed by atoms with van der Waals surface area (Å²) < 4.78 is 22.8. The maximum atomic E-state index is 13.1. The molecule has 94 valence electrons. The molecule has 0 fully saturated rings. The highest BCUT2D eigenvalue weighted by atomic mass is 19.1. The second-order valence-corrected chi connectivity index (χ2v) is 3.60. The van der Waals surface area contributed by atoms with E-state index in [1.807, 2.05) is 0 Å². The van der Waals surface area contributed by atoms with Gasteiger partial charge in [-0.1, -0.05) is 6.07 Å². The van der Waals surface area contributed by atoms with Crippen molar-refractivity contribution < 1.29 is 18.4 Å². The average molecular weight is 250 g/mol. The molecule has 6 heteroatoms. The highest BCUT2D eigenvalue weighted by Crippen LogP contribution is 2.22. The van der Waals surface area contributed by atoms with Crippen LogP contribution in [0.1, 0.15) is 23.1 Å². The SMILES string of the molecule is CCOC(=O)c1noc(-c2cc(F)ccc2C)n1. The first-order valence-corrected chi connectivity index (χ1v) is 5.39. The average Bonchev–Trinajstić information content (AvgIpc) is 2.82. The molecule has 0 amide bonds. The molecule has 0 saturated carbocycles. The summed E-state index contributed by atoms with van der Waals surface area (Å²) in [5.41, 5.74) is 1.23. The largest absolute Gasteiger partial charge is 0.460 e. The molecule has 0 atom stereocenters. The summed E-state index contributed by atoms with van der Waals surface area (Å²) in [5.74, 6) is -1.15. The fourth-order valence-corrected chi connectivity index (χ4v) is 1.44. The molecular formula is C12H11FN2O3. The van der Waals surface area contributed by atoms with E-state index >= 15 is 0 Å². The van der Waals surface area contributed by atoms with Gasteiger partial charge in [0.05, 0.1) is 6.61 Å². The van der Waals surface area contributed by atoms with Gasteiger partial charge in [-0.05, 0) is 36.7 Å². The van der Waals surface area contributed by atoms with Crippen molar-refractivity contribution in [2.75, 3.05) is 6.61 Å². The summed E-state index contributed by atoms with van der Waals surface area (Å²) in [6, 6.07) is 4.21. The lowest BCUT2D eigenvalue weighted by atomic mass is 10.1. The standard InChI is InChI=1S/C12H11FN2O3/c1-3-17-12(16)10-14-11(18-15-10)9-6-8(13)5-4-7(9)2/h4-6H,3H2,1-2H3. The van der Waals surface area contributed by atoms with E-state index in [0.717, 1.165) is 5.56 Å². The Morgan fingerprint density at radius 3 is 3.00 bits per heavy atom. The first-order chi connectivity index (χ1) is 8.61. The number of nitrogens with zero attached hydrogens (tertiary/aromatic N) is 2. The van der Waals surface area contributed by atoms with Gasteiger partial charge in [-0.3, -0.25) is 0 Å². The number of hydrogen-bond donors (Lipinski definition) is 0. The number of halogens is 1. The molecule has 1 aromatic heterocycles. The molecule has 0 radical (unpaired) electrons. The second kappa shape index (κ2) is 4.95. The van der Waals surface area contributed by atoms with Crippen LogP contribution in [0.15, 0.2) is 22.7 Å². The monoisotopic (exact) mass is 250 g/mol. The quantitative estimate of drug-likeness (QED) is 0.782. The Hall–Kier alpha value is -2.24. The number of rotatable bonds is 3. The van der Waals surface area contributed by atoms with E-state index in [-0.39, 0.29) is 18.3 Å². The van der Waals surface area contributed by atoms with Gasteiger partial charge < -0.3 is 9.26 Å². The molecule has 18 heavy (non-hydrogen) atoms. The van der Waals surface area contributed by atoms with Crippen molar-refractivity contribution in [1.82, 2.24) is 10.1 Å². The van der Waals surface area contributed by atoms with Gasteiger partial charge in [0, 0.05) is 5.56 Å². The van der Waals surface area contributed by atoms with Crippen molar-refractivity contribution in [2.24, 2.45) is 0 Å². The molecule has 0 saturated heterocycles. The van der Waals surface area contributed by atoms with Gasteiger partial charge in [-0.25, -0.2) is 9.18 Å². The Bertz CT molecular complexity index is 580. The minimum atomic E-state index is -0.665. The van der Waals surface area contributed by atoms with Crippen molar-refractivity contribution in [3.8, 4) is 11.5 Å². The van der Waals surface area contributed by atoms with Gasteiger partial charge in [0.15, 0.2) is 0 Å². The number of hydrogen-bond acceptors (Lipinski definition) is 5. The third-order valence-corrected chi connectivity index (χ3v) is 2.31. The molecule has 0 N–H and O–H groups in total. The highest BCUT2D eigenvalue weighted by molar-refractivity contribution is 5.85. The van der Waals surface area contributed by atoms with Crippen molar-refractivity contribution in [1.29, 1.82) is 0 Å². The fraction of sp³-hybridized carbons (Fsp3) is 0.250. The molecule has 2 aromatic rings. The minimum Gasteiger partial charge on any atom is -0.460 e. The molecular weight excluding hydrogens is 239 g/mol. The highest BCUT2D eigenvalue weighted by Gasteiger charge is 2.17. The zero-order valence-electron chi connectivity index (χ0n) is 9.94. The number of aromatic nitrogens is 2. The maximum absolute atomic E-state index is 13.1. The van der Waals surface area contributed by atoms with E-state index < -0.39 is 11.8 Å². The van der Waals surface area contributed by atoms with E-state index in [4.69, 9.17) is 9.26 Å². The number of ether oxygens (including phenoxy) is 1. The third-order valence-electron chi connectivity index (χ3n) is 2.31. The van der Waals surface area contributed by atoms with E-state index in [9.17, 15) is 9.18 Å². The van der Waals surface area contributed by atoms with E-state index in [1.54, 1.807) is 19.9 Å². The van der Waals surface area contributed by atoms with Crippen LogP contribution in [-0.4, -0.2) is 22.7 Å². The van der Waals surface area contributed by atoms with Crippen LogP contribution in [0.2, 0.25) is 0 Å². The van der Waals surface area contributed by atoms with Gasteiger partial charge in [0.2, 0.25) is 0 Å². The van der Waals surface area contributed by atoms with E-state index in [0.29, 0.717) is 5.56 Å². The normalized spacial score (nSPS) is 10.4. The molecule has 1 heterocycles. The van der Waals surface area contributed by atoms with Gasteiger partial charge >= 0.3 is 5.97 Å². The third kappa shape index (κ3) is 2.37. The molecule has 0 spiro atoms. The molecule has 2 rings (SSSR count). The van der Waals surface area contributed by atoms with Crippen LogP contribution in [0.4, 0.5) is 4.39 Å². The topological polar surface area (TPSA) is 65.2 Å². The summed E-state index contributed by atoms with van der Waals surface area (Å²) in [6.07, 6.45) is 0. The number of benzene rings is 1. The summed E-state index contributed by atoms with van der Waals surface area (Å²) in [4.78, 5) is 15.2. The summed E-state index contributed by atoms with van der Waals surface area (Å²) in [5, 5.41) is 3.50. The lowest BCUT2D eigenvalue weighted by Gasteiger charge is -1.99. The smallest absolute Gasteiger partial charge is 0.379 e. The van der Waals surface area contributed by atoms with E-state index in [2.05, 4.69) is 10.1 Å². The van der Waals surface area contributed by atoms with Crippen molar-refractivity contribution in [2.45, 2.75) is 13.8 Å². The predicted molar refractivity (Wildman–Crippen MR) is 60.4 cm³/mol. The predicted octanol–water partition coefficient (Wildman–Crippen LogP) is 2.36. The van der Waals surface area contributed by atoms with Gasteiger partial charge in [-0.2, -0.15) is 4.98 Å². The van der Waals surface area contributed by atoms with Crippen molar-refractivity contribution >= 4 is 5.97 Å². The first kappa shape index (κ1) is 12.2. The Labute approximate surface area is 103 Å². The Kier molecular flexibility index (Phi) is 3.36. The van der Waals surface area contributed by atoms with Crippen LogP contribution >= 0.6 is 0 Å². The lowest BCUT2D eigenvalue weighted by Crippen LogP contribution is -2.06. The van der Waals surface area contributed by atoms with Crippen LogP contribution in [0.3, 0.4) is 0 Å². The zero-order valence-corrected chi connectivity index (χ0v) is 9.94. The molecule has 0 aliphatic heterocycles. The van der Waals surface area contributed by atoms with Crippen molar-refractivity contribution in [3.05, 3.63) is 35.4 Å². The Balaban J connectivity index is 2.35. The van der Waals surface area contributed by atoms with E-state index in [1.165, 1.54) is 12.1 Å². The van der Waals surface area contributed by atoms with Crippen LogP contribution in [0.5, 0.6) is 0 Å². The molecule has 0 aliphatic rings. The number of aryl methyl sites for hydroxylation is 1. The maximum Gasteiger partial charge on any atom is 0.379 e. The Morgan fingerprint density at radius 1 is 1.50 bits per heavy atom. The summed E-state index contributed by atoms with van der Waals surface area (Å²) in [6.45, 7) is 3.68. The summed E-state index contributed by atoms with van der Waals surface area (Å²) >= 11 is 0. The first-order valence-electron chi connectivity index (χ1n) is 5.39. The van der Waals surface area contributed by atoms with Gasteiger partial charge in [0.1, 0.15) is 5.82 Å². The number of carbonyl (C=O) groups excluding carboxylic acids is 1. The molecule has 0 bridgehead atoms. The zero-order chi connectivity index (χ0) is 13.1. The Morgan fingerprint density at radius 2 is 2.28 bits per heavy atom. The number of esters is 1. The van der Waals surface area contributed by atoms with Gasteiger partial charge in [-0.15, -0.1) is 0 Å². The number of carbonyl (C=O) groups is 1. The summed E-state index contributed by atoms with van der Waals surface area (Å²) in [7, 11) is 0. The second-order valence-electron chi connectivity index (χ2n) is 3.60. The fourth-order valence-electron chi connectivity index (χ4n) is 1.44. The molecule has 0 aliphatic carbocycles. The van der Waals surface area contributed by atoms with Crippen LogP contribution in [-0.2, 0) is 4.74 Å². The van der Waals surface area contributed by atoms with Gasteiger partial charge in [0.25, 0.3) is 11.7 Å². The van der Waals surface area contributed by atoms with Crippen LogP contribution in [0, 0.1) is 12.7 Å². The van der Waals surface area contributed by atoms with Crippen LogP contribution < -0.4 is 0 Å². The lowest BCUT2D eigenvalue weighted by molar-refractivity contribution is 0.0508. The molecule has 1 aromatic carbocycles. The molecule has 5 nitrogen and oxygen atoms in total.